The van der Waals surface area contributed by atoms with Crippen LogP contribution in [0.25, 0.3) is 0 Å². The lowest BCUT2D eigenvalue weighted by Crippen LogP contribution is -1.99. The molecule has 2 unspecified atom stereocenters. The molecule has 3 heteroatoms. The molecular weight excluding hydrogens is 198 g/mol. The molecule has 80 valence electrons. The monoisotopic (exact) mass is 210 g/mol. The van der Waals surface area contributed by atoms with Gasteiger partial charge in [0.05, 0.1) is 0 Å². The van der Waals surface area contributed by atoms with Gasteiger partial charge in [-0.25, -0.2) is 8.78 Å². The topological polar surface area (TPSA) is 17.1 Å². The van der Waals surface area contributed by atoms with Gasteiger partial charge in [-0.1, -0.05) is 13.0 Å². The van der Waals surface area contributed by atoms with Gasteiger partial charge in [0.15, 0.2) is 11.6 Å². The summed E-state index contributed by atoms with van der Waals surface area (Å²) < 4.78 is 25.6. The SMILES string of the molecule is CCC(=O)C1CC1c1ccc(F)c(F)c1. The molecule has 2 rings (SSSR count). The first-order valence-corrected chi connectivity index (χ1v) is 5.11. The molecule has 1 aromatic rings. The Morgan fingerprint density at radius 2 is 2.13 bits per heavy atom. The third-order valence-corrected chi connectivity index (χ3v) is 2.92. The average molecular weight is 210 g/mol. The highest BCUT2D eigenvalue weighted by molar-refractivity contribution is 5.84. The Kier molecular flexibility index (Phi) is 2.55. The lowest BCUT2D eigenvalue weighted by molar-refractivity contribution is -0.120. The van der Waals surface area contributed by atoms with Crippen molar-refractivity contribution in [3.63, 3.8) is 0 Å². The number of carbonyl (C=O) groups excluding carboxylic acids is 1. The fourth-order valence-corrected chi connectivity index (χ4v) is 1.92. The van der Waals surface area contributed by atoms with Crippen molar-refractivity contribution in [3.8, 4) is 0 Å². The van der Waals surface area contributed by atoms with Crippen LogP contribution in [0.2, 0.25) is 0 Å². The van der Waals surface area contributed by atoms with Gasteiger partial charge in [-0.15, -0.1) is 0 Å². The molecule has 15 heavy (non-hydrogen) atoms. The smallest absolute Gasteiger partial charge is 0.159 e. The Morgan fingerprint density at radius 1 is 1.40 bits per heavy atom. The van der Waals surface area contributed by atoms with E-state index in [1.165, 1.54) is 6.07 Å². The molecule has 1 fully saturated rings. The summed E-state index contributed by atoms with van der Waals surface area (Å²) in [4.78, 5) is 11.3. The molecule has 0 aliphatic heterocycles. The number of carbonyl (C=O) groups is 1. The quantitative estimate of drug-likeness (QED) is 0.749. The van der Waals surface area contributed by atoms with E-state index in [0.29, 0.717) is 6.42 Å². The van der Waals surface area contributed by atoms with E-state index in [0.717, 1.165) is 18.1 Å². The number of hydrogen-bond acceptors (Lipinski definition) is 1. The summed E-state index contributed by atoms with van der Waals surface area (Å²) in [5.74, 6) is -1.32. The van der Waals surface area contributed by atoms with Gasteiger partial charge >= 0.3 is 0 Å². The van der Waals surface area contributed by atoms with E-state index in [1.54, 1.807) is 6.07 Å². The van der Waals surface area contributed by atoms with Crippen molar-refractivity contribution in [1.29, 1.82) is 0 Å². The number of benzene rings is 1. The Morgan fingerprint density at radius 3 is 2.73 bits per heavy atom. The van der Waals surface area contributed by atoms with Gasteiger partial charge in [-0.05, 0) is 30.0 Å². The minimum Gasteiger partial charge on any atom is -0.299 e. The van der Waals surface area contributed by atoms with E-state index in [2.05, 4.69) is 0 Å². The van der Waals surface area contributed by atoms with Gasteiger partial charge in [0.1, 0.15) is 5.78 Å². The Labute approximate surface area is 87.1 Å². The lowest BCUT2D eigenvalue weighted by atomic mass is 10.1. The predicted octanol–water partition coefficient (Wildman–Crippen LogP) is 3.05. The second kappa shape index (κ2) is 3.72. The maximum atomic E-state index is 12.9. The van der Waals surface area contributed by atoms with E-state index in [1.807, 2.05) is 6.92 Å². The van der Waals surface area contributed by atoms with E-state index in [-0.39, 0.29) is 17.6 Å². The second-order valence-corrected chi connectivity index (χ2v) is 3.94. The molecule has 0 bridgehead atoms. The van der Waals surface area contributed by atoms with Crippen LogP contribution in [0.15, 0.2) is 18.2 Å². The third kappa shape index (κ3) is 1.91. The van der Waals surface area contributed by atoms with Crippen molar-refractivity contribution in [2.75, 3.05) is 0 Å². The molecule has 1 aromatic carbocycles. The zero-order valence-corrected chi connectivity index (χ0v) is 8.47. The van der Waals surface area contributed by atoms with Crippen LogP contribution < -0.4 is 0 Å². The summed E-state index contributed by atoms with van der Waals surface area (Å²) in [6, 6.07) is 3.88. The normalized spacial score (nSPS) is 23.9. The van der Waals surface area contributed by atoms with E-state index >= 15 is 0 Å². The molecule has 1 saturated carbocycles. The minimum absolute atomic E-state index is 0.0276. The highest BCUT2D eigenvalue weighted by Crippen LogP contribution is 2.48. The summed E-state index contributed by atoms with van der Waals surface area (Å²) >= 11 is 0. The van der Waals surface area contributed by atoms with Crippen LogP contribution in [0.3, 0.4) is 0 Å². The van der Waals surface area contributed by atoms with Crippen molar-refractivity contribution in [2.24, 2.45) is 5.92 Å². The fourth-order valence-electron chi connectivity index (χ4n) is 1.92. The third-order valence-electron chi connectivity index (χ3n) is 2.92. The number of Topliss-reactive ketones (excluding diaryl/α,β-unsaturated/α-hetero) is 1. The molecule has 0 N–H and O–H groups in total. The van der Waals surface area contributed by atoms with E-state index < -0.39 is 11.6 Å². The maximum absolute atomic E-state index is 12.9. The zero-order valence-electron chi connectivity index (χ0n) is 8.47. The minimum atomic E-state index is -0.835. The van der Waals surface area contributed by atoms with Crippen LogP contribution in [0.4, 0.5) is 8.78 Å². The highest BCUT2D eigenvalue weighted by atomic mass is 19.2. The Hall–Kier alpha value is -1.25. The molecule has 0 heterocycles. The molecule has 1 nitrogen and oxygen atoms in total. The molecule has 0 saturated heterocycles. The molecule has 0 aromatic heterocycles. The maximum Gasteiger partial charge on any atom is 0.159 e. The summed E-state index contributed by atoms with van der Waals surface area (Å²) in [5, 5.41) is 0. The summed E-state index contributed by atoms with van der Waals surface area (Å²) in [5.41, 5.74) is 0.737. The lowest BCUT2D eigenvalue weighted by Gasteiger charge is -2.00. The van der Waals surface area contributed by atoms with Gasteiger partial charge in [-0.2, -0.15) is 0 Å². The molecular formula is C12H12F2O. The largest absolute Gasteiger partial charge is 0.299 e. The van der Waals surface area contributed by atoms with Gasteiger partial charge in [0, 0.05) is 12.3 Å². The van der Waals surface area contributed by atoms with Crippen LogP contribution in [-0.2, 0) is 4.79 Å². The molecule has 2 atom stereocenters. The zero-order chi connectivity index (χ0) is 11.0. The number of rotatable bonds is 3. The van der Waals surface area contributed by atoms with Crippen molar-refractivity contribution < 1.29 is 13.6 Å². The van der Waals surface area contributed by atoms with Crippen molar-refractivity contribution in [1.82, 2.24) is 0 Å². The summed E-state index contributed by atoms with van der Waals surface area (Å²) in [7, 11) is 0. The fraction of sp³-hybridized carbons (Fsp3) is 0.417. The molecule has 1 aliphatic rings. The molecule has 0 amide bonds. The van der Waals surface area contributed by atoms with Gasteiger partial charge in [-0.3, -0.25) is 4.79 Å². The average Bonchev–Trinajstić information content (AvgIpc) is 3.01. The Bertz CT molecular complexity index is 401. The first kappa shape index (κ1) is 10.3. The van der Waals surface area contributed by atoms with Crippen LogP contribution in [0.1, 0.15) is 31.2 Å². The van der Waals surface area contributed by atoms with Crippen LogP contribution in [-0.4, -0.2) is 5.78 Å². The van der Waals surface area contributed by atoms with Gasteiger partial charge < -0.3 is 0 Å². The Balaban J connectivity index is 2.13. The number of halogens is 2. The number of ketones is 1. The molecule has 0 spiro atoms. The van der Waals surface area contributed by atoms with Gasteiger partial charge in [0.2, 0.25) is 0 Å². The summed E-state index contributed by atoms with van der Waals surface area (Å²) in [6.07, 6.45) is 1.29. The molecule has 0 radical (unpaired) electrons. The van der Waals surface area contributed by atoms with Crippen molar-refractivity contribution in [2.45, 2.75) is 25.7 Å². The van der Waals surface area contributed by atoms with Crippen molar-refractivity contribution in [3.05, 3.63) is 35.4 Å². The standard InChI is InChI=1S/C12H12F2O/c1-2-12(15)9-6-8(9)7-3-4-10(13)11(14)5-7/h3-5,8-9H,2,6H2,1H3. The predicted molar refractivity (Wildman–Crippen MR) is 52.5 cm³/mol. The molecule has 1 aliphatic carbocycles. The van der Waals surface area contributed by atoms with Crippen molar-refractivity contribution >= 4 is 5.78 Å². The van der Waals surface area contributed by atoms with Crippen LogP contribution >= 0.6 is 0 Å². The number of hydrogen-bond donors (Lipinski definition) is 0. The van der Waals surface area contributed by atoms with Crippen LogP contribution in [0, 0.1) is 17.6 Å². The first-order valence-electron chi connectivity index (χ1n) is 5.11. The van der Waals surface area contributed by atoms with Crippen LogP contribution in [0.5, 0.6) is 0 Å². The second-order valence-electron chi connectivity index (χ2n) is 3.94. The van der Waals surface area contributed by atoms with E-state index in [9.17, 15) is 13.6 Å². The van der Waals surface area contributed by atoms with Gasteiger partial charge in [0.25, 0.3) is 0 Å². The first-order chi connectivity index (χ1) is 7.13. The van der Waals surface area contributed by atoms with E-state index in [4.69, 9.17) is 0 Å². The highest BCUT2D eigenvalue weighted by Gasteiger charge is 2.42. The summed E-state index contributed by atoms with van der Waals surface area (Å²) in [6.45, 7) is 1.82.